The molecule has 1 heterocycles. The lowest BCUT2D eigenvalue weighted by atomic mass is 10.3. The first-order valence-electron chi connectivity index (χ1n) is 3.31. The van der Waals surface area contributed by atoms with Crippen LogP contribution in [0.2, 0.25) is 0 Å². The van der Waals surface area contributed by atoms with E-state index in [0.717, 1.165) is 0 Å². The van der Waals surface area contributed by atoms with Crippen LogP contribution in [0.25, 0.3) is 0 Å². The predicted octanol–water partition coefficient (Wildman–Crippen LogP) is 0.322. The van der Waals surface area contributed by atoms with Gasteiger partial charge in [-0.05, 0) is 6.92 Å². The van der Waals surface area contributed by atoms with E-state index in [2.05, 4.69) is 21.2 Å². The molecule has 0 aromatic heterocycles. The molecule has 1 aliphatic rings. The average Bonchev–Trinajstić information content (AvgIpc) is 2.28. The molecule has 0 aromatic rings. The number of rotatable bonds is 2. The Morgan fingerprint density at radius 1 is 1.73 bits per heavy atom. The quantitative estimate of drug-likeness (QED) is 0.539. The molecule has 1 rings (SSSR count). The van der Waals surface area contributed by atoms with Gasteiger partial charge < -0.3 is 4.90 Å². The standard InChI is InChI=1S/C6H9BrN2O2/c1-4(2-7)9-3-5(10)8-6(9)11/h4H,2-3H2,1H3,(H,8,10,11). The normalized spacial score (nSPS) is 20.4. The minimum Gasteiger partial charge on any atom is -0.312 e. The number of amides is 3. The first kappa shape index (κ1) is 8.52. The van der Waals surface area contributed by atoms with Gasteiger partial charge in [-0.2, -0.15) is 0 Å². The molecule has 1 unspecified atom stereocenters. The number of carbonyl (C=O) groups excluding carboxylic acids is 2. The molecule has 0 aliphatic carbocycles. The molecule has 0 spiro atoms. The van der Waals surface area contributed by atoms with Crippen LogP contribution in [-0.2, 0) is 4.79 Å². The lowest BCUT2D eigenvalue weighted by Crippen LogP contribution is -2.36. The van der Waals surface area contributed by atoms with Crippen LogP contribution in [0.5, 0.6) is 0 Å². The highest BCUT2D eigenvalue weighted by Crippen LogP contribution is 2.06. The molecule has 0 saturated carbocycles. The second kappa shape index (κ2) is 3.21. The van der Waals surface area contributed by atoms with Crippen molar-refractivity contribution < 1.29 is 9.59 Å². The molecule has 5 heteroatoms. The van der Waals surface area contributed by atoms with Crippen LogP contribution in [0.4, 0.5) is 4.79 Å². The van der Waals surface area contributed by atoms with Gasteiger partial charge in [0.1, 0.15) is 6.54 Å². The summed E-state index contributed by atoms with van der Waals surface area (Å²) in [5.41, 5.74) is 0. The molecule has 1 N–H and O–H groups in total. The van der Waals surface area contributed by atoms with Crippen LogP contribution in [0, 0.1) is 0 Å². The van der Waals surface area contributed by atoms with Gasteiger partial charge in [-0.15, -0.1) is 0 Å². The highest BCUT2D eigenvalue weighted by atomic mass is 79.9. The molecule has 0 radical (unpaired) electrons. The van der Waals surface area contributed by atoms with Gasteiger partial charge in [0, 0.05) is 11.4 Å². The van der Waals surface area contributed by atoms with E-state index in [1.165, 1.54) is 4.90 Å². The van der Waals surface area contributed by atoms with Gasteiger partial charge in [-0.3, -0.25) is 10.1 Å². The van der Waals surface area contributed by atoms with Crippen molar-refractivity contribution in [3.63, 3.8) is 0 Å². The maximum atomic E-state index is 11.0. The minimum absolute atomic E-state index is 0.0708. The molecule has 0 bridgehead atoms. The first-order chi connectivity index (χ1) is 5.15. The molecule has 1 saturated heterocycles. The number of hydrogen-bond acceptors (Lipinski definition) is 2. The summed E-state index contributed by atoms with van der Waals surface area (Å²) in [6.07, 6.45) is 0. The Morgan fingerprint density at radius 3 is 2.73 bits per heavy atom. The molecule has 1 fully saturated rings. The minimum atomic E-state index is -0.290. The number of halogens is 1. The lowest BCUT2D eigenvalue weighted by Gasteiger charge is -2.19. The van der Waals surface area contributed by atoms with Crippen molar-refractivity contribution >= 4 is 27.9 Å². The van der Waals surface area contributed by atoms with Crippen LogP contribution in [0.3, 0.4) is 0 Å². The van der Waals surface area contributed by atoms with Gasteiger partial charge in [-0.1, -0.05) is 15.9 Å². The van der Waals surface area contributed by atoms with Crippen molar-refractivity contribution in [3.05, 3.63) is 0 Å². The summed E-state index contributed by atoms with van der Waals surface area (Å²) >= 11 is 3.24. The number of carbonyl (C=O) groups is 2. The molecule has 62 valence electrons. The number of nitrogens with zero attached hydrogens (tertiary/aromatic N) is 1. The molecular weight excluding hydrogens is 212 g/mol. The maximum Gasteiger partial charge on any atom is 0.324 e. The van der Waals surface area contributed by atoms with E-state index in [4.69, 9.17) is 0 Å². The number of alkyl halides is 1. The highest BCUT2D eigenvalue weighted by Gasteiger charge is 2.29. The zero-order valence-corrected chi connectivity index (χ0v) is 7.72. The number of hydrogen-bond donors (Lipinski definition) is 1. The van der Waals surface area contributed by atoms with Crippen molar-refractivity contribution in [1.82, 2.24) is 10.2 Å². The number of urea groups is 1. The van der Waals surface area contributed by atoms with Crippen molar-refractivity contribution in [2.75, 3.05) is 11.9 Å². The predicted molar refractivity (Wildman–Crippen MR) is 43.5 cm³/mol. The Morgan fingerprint density at radius 2 is 2.36 bits per heavy atom. The molecular formula is C6H9BrN2O2. The third-order valence-corrected chi connectivity index (χ3v) is 2.51. The van der Waals surface area contributed by atoms with E-state index in [1.807, 2.05) is 6.92 Å². The van der Waals surface area contributed by atoms with Gasteiger partial charge in [0.25, 0.3) is 0 Å². The SMILES string of the molecule is CC(CBr)N1CC(=O)NC1=O. The molecule has 11 heavy (non-hydrogen) atoms. The molecule has 4 nitrogen and oxygen atoms in total. The summed E-state index contributed by atoms with van der Waals surface area (Å²) in [7, 11) is 0. The Bertz CT molecular complexity index is 195. The van der Waals surface area contributed by atoms with E-state index >= 15 is 0 Å². The zero-order chi connectivity index (χ0) is 8.43. The first-order valence-corrected chi connectivity index (χ1v) is 4.43. The fourth-order valence-corrected chi connectivity index (χ4v) is 1.25. The summed E-state index contributed by atoms with van der Waals surface area (Å²) in [5.74, 6) is -0.220. The maximum absolute atomic E-state index is 11.0. The van der Waals surface area contributed by atoms with Crippen LogP contribution >= 0.6 is 15.9 Å². The third-order valence-electron chi connectivity index (χ3n) is 1.58. The van der Waals surface area contributed by atoms with Gasteiger partial charge in [-0.25, -0.2) is 4.79 Å². The van der Waals surface area contributed by atoms with E-state index < -0.39 is 0 Å². The van der Waals surface area contributed by atoms with E-state index in [9.17, 15) is 9.59 Å². The summed E-state index contributed by atoms with van der Waals surface area (Å²) in [4.78, 5) is 23.2. The summed E-state index contributed by atoms with van der Waals surface area (Å²) < 4.78 is 0. The smallest absolute Gasteiger partial charge is 0.312 e. The van der Waals surface area contributed by atoms with Crippen molar-refractivity contribution in [2.24, 2.45) is 0 Å². The Labute approximate surface area is 73.1 Å². The lowest BCUT2D eigenvalue weighted by molar-refractivity contribution is -0.118. The fraction of sp³-hybridized carbons (Fsp3) is 0.667. The molecule has 3 amide bonds. The average molecular weight is 221 g/mol. The summed E-state index contributed by atoms with van der Waals surface area (Å²) in [5, 5.41) is 2.90. The second-order valence-corrected chi connectivity index (χ2v) is 3.13. The molecule has 1 atom stereocenters. The van der Waals surface area contributed by atoms with E-state index in [-0.39, 0.29) is 24.5 Å². The fourth-order valence-electron chi connectivity index (χ4n) is 0.896. The van der Waals surface area contributed by atoms with Crippen LogP contribution < -0.4 is 5.32 Å². The third kappa shape index (κ3) is 1.71. The van der Waals surface area contributed by atoms with Gasteiger partial charge >= 0.3 is 6.03 Å². The van der Waals surface area contributed by atoms with Gasteiger partial charge in [0.2, 0.25) is 5.91 Å². The van der Waals surface area contributed by atoms with Crippen LogP contribution in [0.1, 0.15) is 6.92 Å². The Hall–Kier alpha value is -0.580. The monoisotopic (exact) mass is 220 g/mol. The van der Waals surface area contributed by atoms with E-state index in [0.29, 0.717) is 5.33 Å². The summed E-state index contributed by atoms with van der Waals surface area (Å²) in [6.45, 7) is 2.07. The zero-order valence-electron chi connectivity index (χ0n) is 6.13. The topological polar surface area (TPSA) is 49.4 Å². The van der Waals surface area contributed by atoms with Crippen molar-refractivity contribution in [2.45, 2.75) is 13.0 Å². The van der Waals surface area contributed by atoms with Crippen LogP contribution in [-0.4, -0.2) is 34.8 Å². The van der Waals surface area contributed by atoms with Crippen molar-refractivity contribution in [3.8, 4) is 0 Å². The number of nitrogens with one attached hydrogen (secondary N) is 1. The van der Waals surface area contributed by atoms with E-state index in [1.54, 1.807) is 0 Å². The number of imide groups is 1. The Kier molecular flexibility index (Phi) is 2.49. The molecule has 1 aliphatic heterocycles. The highest BCUT2D eigenvalue weighted by molar-refractivity contribution is 9.09. The van der Waals surface area contributed by atoms with Gasteiger partial charge in [0.05, 0.1) is 0 Å². The Balaban J connectivity index is 2.59. The summed E-state index contributed by atoms with van der Waals surface area (Å²) in [6, 6.07) is -0.219. The second-order valence-electron chi connectivity index (χ2n) is 2.48. The molecule has 0 aromatic carbocycles. The van der Waals surface area contributed by atoms with Gasteiger partial charge in [0.15, 0.2) is 0 Å². The van der Waals surface area contributed by atoms with Crippen LogP contribution in [0.15, 0.2) is 0 Å². The van der Waals surface area contributed by atoms with Crippen molar-refractivity contribution in [1.29, 1.82) is 0 Å². The largest absolute Gasteiger partial charge is 0.324 e.